The van der Waals surface area contributed by atoms with Gasteiger partial charge in [-0.3, -0.25) is 0 Å². The molecule has 1 N–H and O–H groups in total. The molecule has 1 saturated carbocycles. The van der Waals surface area contributed by atoms with Crippen LogP contribution in [-0.4, -0.2) is 25.9 Å². The monoisotopic (exact) mass is 246 g/mol. The minimum Gasteiger partial charge on any atom is -0.479 e. The molecule has 0 bridgehead atoms. The maximum absolute atomic E-state index is 8.41. The van der Waals surface area contributed by atoms with Crippen molar-refractivity contribution in [3.8, 4) is 11.8 Å². The van der Waals surface area contributed by atoms with Crippen molar-refractivity contribution in [1.82, 2.24) is 5.32 Å². The summed E-state index contributed by atoms with van der Waals surface area (Å²) in [6, 6.07) is 10.4. The van der Waals surface area contributed by atoms with Crippen LogP contribution in [0.1, 0.15) is 18.4 Å². The number of nitriles is 1. The van der Waals surface area contributed by atoms with Gasteiger partial charge >= 0.3 is 0 Å². The quantitative estimate of drug-likeness (QED) is 0.832. The van der Waals surface area contributed by atoms with E-state index in [2.05, 4.69) is 5.32 Å². The highest BCUT2D eigenvalue weighted by molar-refractivity contribution is 5.27. The molecule has 0 amide bonds. The Hall–Kier alpha value is -1.57. The molecule has 1 aromatic carbocycles. The number of benzene rings is 1. The van der Waals surface area contributed by atoms with Crippen molar-refractivity contribution in [2.45, 2.75) is 31.5 Å². The van der Waals surface area contributed by atoms with Crippen molar-refractivity contribution in [3.63, 3.8) is 0 Å². The Morgan fingerprint density at radius 1 is 1.33 bits per heavy atom. The average molecular weight is 246 g/mol. The van der Waals surface area contributed by atoms with Crippen molar-refractivity contribution in [2.24, 2.45) is 0 Å². The molecule has 0 atom stereocenters. The van der Waals surface area contributed by atoms with Gasteiger partial charge in [0.25, 0.3) is 0 Å². The second-order valence-electron chi connectivity index (χ2n) is 4.50. The van der Waals surface area contributed by atoms with E-state index in [-0.39, 0.29) is 6.61 Å². The highest BCUT2D eigenvalue weighted by atomic mass is 16.5. The van der Waals surface area contributed by atoms with Gasteiger partial charge in [-0.15, -0.1) is 0 Å². The normalized spacial score (nSPS) is 22.0. The summed E-state index contributed by atoms with van der Waals surface area (Å²) in [6.45, 7) is 0.956. The largest absolute Gasteiger partial charge is 0.479 e. The van der Waals surface area contributed by atoms with Gasteiger partial charge in [0.05, 0.1) is 6.10 Å². The summed E-state index contributed by atoms with van der Waals surface area (Å²) in [5.74, 6) is 0.739. The van der Waals surface area contributed by atoms with Gasteiger partial charge in [0.1, 0.15) is 11.8 Å². The summed E-state index contributed by atoms with van der Waals surface area (Å²) < 4.78 is 10.4. The first-order valence-corrected chi connectivity index (χ1v) is 6.16. The van der Waals surface area contributed by atoms with Gasteiger partial charge in [0.15, 0.2) is 6.61 Å². The zero-order valence-corrected chi connectivity index (χ0v) is 10.6. The standard InChI is InChI=1S/C14H18N2O2/c1-17-14-8-12(9-14)16-10-11-2-4-13(5-3-11)18-7-6-15/h2-5,12,14,16H,7-10H2,1H3. The Labute approximate surface area is 108 Å². The van der Waals surface area contributed by atoms with E-state index in [1.807, 2.05) is 30.3 Å². The lowest BCUT2D eigenvalue weighted by Crippen LogP contribution is -2.44. The molecule has 4 heteroatoms. The zero-order chi connectivity index (χ0) is 12.8. The van der Waals surface area contributed by atoms with E-state index in [1.165, 1.54) is 5.56 Å². The molecule has 0 saturated heterocycles. The van der Waals surface area contributed by atoms with Crippen molar-refractivity contribution in [3.05, 3.63) is 29.8 Å². The summed E-state index contributed by atoms with van der Waals surface area (Å²) in [6.07, 6.45) is 2.63. The van der Waals surface area contributed by atoms with Crippen LogP contribution in [0.4, 0.5) is 0 Å². The number of methoxy groups -OCH3 is 1. The van der Waals surface area contributed by atoms with Crippen molar-refractivity contribution < 1.29 is 9.47 Å². The molecule has 1 aromatic rings. The molecule has 0 aliphatic heterocycles. The highest BCUT2D eigenvalue weighted by Gasteiger charge is 2.28. The molecule has 0 spiro atoms. The van der Waals surface area contributed by atoms with E-state index in [0.717, 1.165) is 25.1 Å². The van der Waals surface area contributed by atoms with Crippen molar-refractivity contribution in [2.75, 3.05) is 13.7 Å². The fourth-order valence-electron chi connectivity index (χ4n) is 2.01. The molecule has 1 fully saturated rings. The van der Waals surface area contributed by atoms with E-state index in [4.69, 9.17) is 14.7 Å². The van der Waals surface area contributed by atoms with Crippen LogP contribution in [0.25, 0.3) is 0 Å². The Balaban J connectivity index is 1.72. The second kappa shape index (κ2) is 6.39. The maximum Gasteiger partial charge on any atom is 0.174 e. The van der Waals surface area contributed by atoms with Gasteiger partial charge < -0.3 is 14.8 Å². The second-order valence-corrected chi connectivity index (χ2v) is 4.50. The van der Waals surface area contributed by atoms with Gasteiger partial charge in [0.2, 0.25) is 0 Å². The lowest BCUT2D eigenvalue weighted by molar-refractivity contribution is 0.0170. The molecular weight excluding hydrogens is 228 g/mol. The third-order valence-corrected chi connectivity index (χ3v) is 3.25. The molecule has 1 aliphatic carbocycles. The third-order valence-electron chi connectivity index (χ3n) is 3.25. The molecule has 0 heterocycles. The topological polar surface area (TPSA) is 54.3 Å². The molecular formula is C14H18N2O2. The van der Waals surface area contributed by atoms with Crippen LogP contribution >= 0.6 is 0 Å². The number of hydrogen-bond donors (Lipinski definition) is 1. The maximum atomic E-state index is 8.41. The van der Waals surface area contributed by atoms with Crippen LogP contribution in [0.5, 0.6) is 5.75 Å². The lowest BCUT2D eigenvalue weighted by atomic mass is 9.89. The molecule has 0 unspecified atom stereocenters. The highest BCUT2D eigenvalue weighted by Crippen LogP contribution is 2.23. The summed E-state index contributed by atoms with van der Waals surface area (Å²) in [7, 11) is 1.76. The van der Waals surface area contributed by atoms with Crippen LogP contribution in [0.2, 0.25) is 0 Å². The molecule has 2 rings (SSSR count). The van der Waals surface area contributed by atoms with Gasteiger partial charge in [0, 0.05) is 19.7 Å². The summed E-state index contributed by atoms with van der Waals surface area (Å²) in [5.41, 5.74) is 1.22. The zero-order valence-electron chi connectivity index (χ0n) is 10.6. The molecule has 18 heavy (non-hydrogen) atoms. The molecule has 0 aromatic heterocycles. The summed E-state index contributed by atoms with van der Waals surface area (Å²) in [4.78, 5) is 0. The first-order chi connectivity index (χ1) is 8.81. The van der Waals surface area contributed by atoms with Gasteiger partial charge in [-0.05, 0) is 30.5 Å². The fourth-order valence-corrected chi connectivity index (χ4v) is 2.01. The number of rotatable bonds is 6. The molecule has 4 nitrogen and oxygen atoms in total. The minimum absolute atomic E-state index is 0.0953. The Morgan fingerprint density at radius 3 is 2.67 bits per heavy atom. The number of nitrogens with one attached hydrogen (secondary N) is 1. The van der Waals surface area contributed by atoms with E-state index in [1.54, 1.807) is 7.11 Å². The number of nitrogens with zero attached hydrogens (tertiary/aromatic N) is 1. The average Bonchev–Trinajstić information content (AvgIpc) is 2.36. The van der Waals surface area contributed by atoms with Gasteiger partial charge in [-0.1, -0.05) is 12.1 Å². The first kappa shape index (κ1) is 12.9. The Kier molecular flexibility index (Phi) is 4.57. The van der Waals surface area contributed by atoms with Crippen molar-refractivity contribution in [1.29, 1.82) is 5.26 Å². The van der Waals surface area contributed by atoms with Crippen LogP contribution in [0.15, 0.2) is 24.3 Å². The SMILES string of the molecule is COC1CC(NCc2ccc(OCC#N)cc2)C1. The van der Waals surface area contributed by atoms with Gasteiger partial charge in [-0.25, -0.2) is 0 Å². The van der Waals surface area contributed by atoms with E-state index in [0.29, 0.717) is 12.1 Å². The van der Waals surface area contributed by atoms with E-state index < -0.39 is 0 Å². The van der Waals surface area contributed by atoms with Gasteiger partial charge in [-0.2, -0.15) is 5.26 Å². The smallest absolute Gasteiger partial charge is 0.174 e. The number of hydrogen-bond acceptors (Lipinski definition) is 4. The third kappa shape index (κ3) is 3.46. The van der Waals surface area contributed by atoms with E-state index in [9.17, 15) is 0 Å². The van der Waals surface area contributed by atoms with Crippen LogP contribution in [-0.2, 0) is 11.3 Å². The molecule has 0 radical (unpaired) electrons. The minimum atomic E-state index is 0.0953. The predicted molar refractivity (Wildman–Crippen MR) is 68.2 cm³/mol. The Bertz CT molecular complexity index is 405. The summed E-state index contributed by atoms with van der Waals surface area (Å²) >= 11 is 0. The summed E-state index contributed by atoms with van der Waals surface area (Å²) in [5, 5.41) is 11.9. The van der Waals surface area contributed by atoms with Crippen LogP contribution in [0.3, 0.4) is 0 Å². The number of ether oxygens (including phenoxy) is 2. The van der Waals surface area contributed by atoms with Crippen LogP contribution in [0, 0.1) is 11.3 Å². The molecule has 1 aliphatic rings. The lowest BCUT2D eigenvalue weighted by Gasteiger charge is -2.34. The van der Waals surface area contributed by atoms with Crippen molar-refractivity contribution >= 4 is 0 Å². The van der Waals surface area contributed by atoms with Crippen LogP contribution < -0.4 is 10.1 Å². The predicted octanol–water partition coefficient (Wildman–Crippen LogP) is 1.86. The Morgan fingerprint density at radius 2 is 2.06 bits per heavy atom. The fraction of sp³-hybridized carbons (Fsp3) is 0.500. The first-order valence-electron chi connectivity index (χ1n) is 6.16. The van der Waals surface area contributed by atoms with E-state index >= 15 is 0 Å². The molecule has 96 valence electrons.